The lowest BCUT2D eigenvalue weighted by Gasteiger charge is -2.32. The molecular weight excluding hydrogens is 368 g/mol. The van der Waals surface area contributed by atoms with E-state index in [0.717, 1.165) is 12.2 Å². The third kappa shape index (κ3) is 3.34. The molecule has 5 nitrogen and oxygen atoms in total. The predicted molar refractivity (Wildman–Crippen MR) is 112 cm³/mol. The van der Waals surface area contributed by atoms with E-state index in [4.69, 9.17) is 4.42 Å². The van der Waals surface area contributed by atoms with E-state index in [0.29, 0.717) is 18.3 Å². The van der Waals surface area contributed by atoms with Crippen LogP contribution in [0.1, 0.15) is 5.89 Å². The number of fused-ring (bicyclic) bond motifs is 2. The molecular formula is C22H18N4OS. The van der Waals surface area contributed by atoms with Crippen LogP contribution in [0.25, 0.3) is 0 Å². The molecule has 3 aromatic carbocycles. The molecule has 1 aliphatic rings. The zero-order valence-corrected chi connectivity index (χ0v) is 15.9. The highest BCUT2D eigenvalue weighted by atomic mass is 32.2. The summed E-state index contributed by atoms with van der Waals surface area (Å²) in [6, 6.07) is 27.2. The highest BCUT2D eigenvalue weighted by Crippen LogP contribution is 2.47. The number of para-hydroxylation sites is 3. The summed E-state index contributed by atoms with van der Waals surface area (Å²) in [5.41, 5.74) is 3.36. The molecule has 0 saturated heterocycles. The van der Waals surface area contributed by atoms with Crippen LogP contribution >= 0.6 is 11.8 Å². The average Bonchev–Trinajstić information content (AvgIpc) is 3.19. The van der Waals surface area contributed by atoms with Crippen molar-refractivity contribution in [3.8, 4) is 0 Å². The van der Waals surface area contributed by atoms with Gasteiger partial charge in [-0.05, 0) is 36.4 Å². The number of hydrogen-bond donors (Lipinski definition) is 1. The summed E-state index contributed by atoms with van der Waals surface area (Å²) in [6.45, 7) is 0.765. The van der Waals surface area contributed by atoms with Gasteiger partial charge in [0, 0.05) is 28.4 Å². The molecule has 5 rings (SSSR count). The first-order valence-electron chi connectivity index (χ1n) is 9.15. The standard InChI is InChI=1S/C22H18N4OS/c1-2-8-16(9-3-1)23-22-25-24-21(27-22)14-15-26-17-10-4-6-12-19(17)28-20-13-7-5-11-18(20)26/h1-13H,14-15H2,(H,23,25). The van der Waals surface area contributed by atoms with E-state index >= 15 is 0 Å². The van der Waals surface area contributed by atoms with Gasteiger partial charge in [-0.15, -0.1) is 5.10 Å². The van der Waals surface area contributed by atoms with E-state index in [1.165, 1.54) is 21.2 Å². The molecule has 2 heterocycles. The first kappa shape index (κ1) is 16.9. The molecule has 0 unspecified atom stereocenters. The second-order valence-corrected chi connectivity index (χ2v) is 7.51. The van der Waals surface area contributed by atoms with Gasteiger partial charge in [-0.25, -0.2) is 0 Å². The van der Waals surface area contributed by atoms with E-state index in [1.54, 1.807) is 0 Å². The smallest absolute Gasteiger partial charge is 0.320 e. The average molecular weight is 386 g/mol. The van der Waals surface area contributed by atoms with E-state index in [9.17, 15) is 0 Å². The fraction of sp³-hybridized carbons (Fsp3) is 0.0909. The van der Waals surface area contributed by atoms with Crippen molar-refractivity contribution in [2.45, 2.75) is 16.2 Å². The summed E-state index contributed by atoms with van der Waals surface area (Å²) in [5, 5.41) is 11.4. The van der Waals surface area contributed by atoms with Crippen LogP contribution < -0.4 is 10.2 Å². The Balaban J connectivity index is 1.35. The predicted octanol–water partition coefficient (Wildman–Crippen LogP) is 5.66. The molecule has 4 aromatic rings. The molecule has 1 aliphatic heterocycles. The summed E-state index contributed by atoms with van der Waals surface area (Å²) in [7, 11) is 0. The van der Waals surface area contributed by atoms with E-state index in [-0.39, 0.29) is 0 Å². The quantitative estimate of drug-likeness (QED) is 0.478. The minimum absolute atomic E-state index is 0.413. The van der Waals surface area contributed by atoms with E-state index in [1.807, 2.05) is 42.1 Å². The Labute approximate surface area is 167 Å². The van der Waals surface area contributed by atoms with Crippen LogP contribution in [0.3, 0.4) is 0 Å². The van der Waals surface area contributed by atoms with Crippen LogP contribution in [0.4, 0.5) is 23.1 Å². The van der Waals surface area contributed by atoms with Crippen molar-refractivity contribution >= 4 is 34.8 Å². The highest BCUT2D eigenvalue weighted by Gasteiger charge is 2.23. The van der Waals surface area contributed by atoms with Gasteiger partial charge in [-0.3, -0.25) is 0 Å². The van der Waals surface area contributed by atoms with Crippen LogP contribution in [-0.4, -0.2) is 16.7 Å². The number of hydrogen-bond acceptors (Lipinski definition) is 6. The first-order valence-corrected chi connectivity index (χ1v) is 9.96. The maximum absolute atomic E-state index is 5.79. The molecule has 28 heavy (non-hydrogen) atoms. The lowest BCUT2D eigenvalue weighted by atomic mass is 10.2. The molecule has 6 heteroatoms. The Morgan fingerprint density at radius 1 is 0.786 bits per heavy atom. The molecule has 138 valence electrons. The number of benzene rings is 3. The number of rotatable bonds is 5. The van der Waals surface area contributed by atoms with Gasteiger partial charge in [0.25, 0.3) is 0 Å². The Morgan fingerprint density at radius 3 is 2.14 bits per heavy atom. The Hall–Kier alpha value is -3.25. The van der Waals surface area contributed by atoms with Crippen LogP contribution in [0.2, 0.25) is 0 Å². The second-order valence-electron chi connectivity index (χ2n) is 6.43. The van der Waals surface area contributed by atoms with Crippen molar-refractivity contribution < 1.29 is 4.42 Å². The van der Waals surface area contributed by atoms with Crippen LogP contribution in [-0.2, 0) is 6.42 Å². The number of nitrogens with zero attached hydrogens (tertiary/aromatic N) is 3. The largest absolute Gasteiger partial charge is 0.408 e. The van der Waals surface area contributed by atoms with E-state index in [2.05, 4.69) is 68.9 Å². The van der Waals surface area contributed by atoms with Crippen molar-refractivity contribution in [1.82, 2.24) is 10.2 Å². The molecule has 0 radical (unpaired) electrons. The van der Waals surface area contributed by atoms with Gasteiger partial charge in [-0.2, -0.15) is 0 Å². The summed E-state index contributed by atoms with van der Waals surface area (Å²) >= 11 is 1.81. The second kappa shape index (κ2) is 7.40. The van der Waals surface area contributed by atoms with E-state index < -0.39 is 0 Å². The zero-order chi connectivity index (χ0) is 18.8. The summed E-state index contributed by atoms with van der Waals surface area (Å²) < 4.78 is 5.79. The van der Waals surface area contributed by atoms with Gasteiger partial charge < -0.3 is 14.6 Å². The number of anilines is 4. The lowest BCUT2D eigenvalue weighted by molar-refractivity contribution is 0.508. The molecule has 0 spiro atoms. The van der Waals surface area contributed by atoms with Gasteiger partial charge in [0.05, 0.1) is 11.4 Å². The third-order valence-electron chi connectivity index (χ3n) is 4.57. The zero-order valence-electron chi connectivity index (χ0n) is 15.1. The van der Waals surface area contributed by atoms with Crippen molar-refractivity contribution in [3.63, 3.8) is 0 Å². The van der Waals surface area contributed by atoms with Crippen LogP contribution in [0.15, 0.2) is 93.1 Å². The van der Waals surface area contributed by atoms with Crippen molar-refractivity contribution in [2.75, 3.05) is 16.8 Å². The molecule has 0 atom stereocenters. The Kier molecular flexibility index (Phi) is 4.47. The lowest BCUT2D eigenvalue weighted by Crippen LogP contribution is -2.23. The van der Waals surface area contributed by atoms with Gasteiger partial charge in [0.15, 0.2) is 0 Å². The van der Waals surface area contributed by atoms with Gasteiger partial charge >= 0.3 is 6.01 Å². The third-order valence-corrected chi connectivity index (χ3v) is 5.70. The summed E-state index contributed by atoms with van der Waals surface area (Å²) in [5.74, 6) is 0.617. The molecule has 0 aliphatic carbocycles. The first-order chi connectivity index (χ1) is 13.9. The molecule has 1 N–H and O–H groups in total. The molecule has 0 amide bonds. The fourth-order valence-corrected chi connectivity index (χ4v) is 4.38. The number of nitrogens with one attached hydrogen (secondary N) is 1. The van der Waals surface area contributed by atoms with Crippen molar-refractivity contribution in [3.05, 3.63) is 84.8 Å². The van der Waals surface area contributed by atoms with Crippen molar-refractivity contribution in [2.24, 2.45) is 0 Å². The summed E-state index contributed by atoms with van der Waals surface area (Å²) in [6.07, 6.45) is 0.663. The Morgan fingerprint density at radius 2 is 1.43 bits per heavy atom. The number of aromatic nitrogens is 2. The topological polar surface area (TPSA) is 54.2 Å². The Bertz CT molecular complexity index is 1050. The molecule has 0 saturated carbocycles. The molecule has 1 aromatic heterocycles. The SMILES string of the molecule is c1ccc(Nc2nnc(CCN3c4ccccc4Sc4ccccc43)o2)cc1. The highest BCUT2D eigenvalue weighted by molar-refractivity contribution is 7.99. The van der Waals surface area contributed by atoms with Gasteiger partial charge in [0.2, 0.25) is 5.89 Å². The normalized spacial score (nSPS) is 12.4. The summed E-state index contributed by atoms with van der Waals surface area (Å²) in [4.78, 5) is 4.85. The molecule has 0 bridgehead atoms. The van der Waals surface area contributed by atoms with Crippen LogP contribution in [0, 0.1) is 0 Å². The van der Waals surface area contributed by atoms with Gasteiger partial charge in [-0.1, -0.05) is 59.3 Å². The maximum atomic E-state index is 5.79. The molecule has 0 fully saturated rings. The minimum atomic E-state index is 0.413. The van der Waals surface area contributed by atoms with Gasteiger partial charge in [0.1, 0.15) is 0 Å². The van der Waals surface area contributed by atoms with Crippen molar-refractivity contribution in [1.29, 1.82) is 0 Å². The maximum Gasteiger partial charge on any atom is 0.320 e. The minimum Gasteiger partial charge on any atom is -0.408 e. The monoisotopic (exact) mass is 386 g/mol. The fourth-order valence-electron chi connectivity index (χ4n) is 3.28. The van der Waals surface area contributed by atoms with Crippen LogP contribution in [0.5, 0.6) is 0 Å².